The van der Waals surface area contributed by atoms with Crippen LogP contribution in [-0.2, 0) is 10.5 Å². The summed E-state index contributed by atoms with van der Waals surface area (Å²) in [5, 5.41) is 0. The molecule has 17 heavy (non-hydrogen) atoms. The standard InChI is InChI=1S/C13H17NOS2/c1-15-8-4-5-9-16-13-14-12-7-3-2-6-11(12)10-17-13/h2-3,6-7H,4-5,8-10H2,1H3. The molecule has 2 rings (SSSR count). The second-order valence-electron chi connectivity index (χ2n) is 3.84. The first kappa shape index (κ1) is 13.0. The van der Waals surface area contributed by atoms with E-state index in [1.165, 1.54) is 16.4 Å². The monoisotopic (exact) mass is 267 g/mol. The van der Waals surface area contributed by atoms with Gasteiger partial charge in [-0.05, 0) is 24.5 Å². The van der Waals surface area contributed by atoms with E-state index in [-0.39, 0.29) is 0 Å². The summed E-state index contributed by atoms with van der Waals surface area (Å²) in [7, 11) is 1.76. The molecule has 0 atom stereocenters. The highest BCUT2D eigenvalue weighted by Gasteiger charge is 2.11. The molecule has 0 amide bonds. The fourth-order valence-corrected chi connectivity index (χ4v) is 3.73. The first-order valence-corrected chi connectivity index (χ1v) is 7.78. The topological polar surface area (TPSA) is 21.6 Å². The zero-order valence-electron chi connectivity index (χ0n) is 10.0. The Morgan fingerprint density at radius 3 is 3.12 bits per heavy atom. The lowest BCUT2D eigenvalue weighted by Crippen LogP contribution is -1.97. The van der Waals surface area contributed by atoms with Crippen molar-refractivity contribution < 1.29 is 4.74 Å². The molecule has 2 nitrogen and oxygen atoms in total. The maximum atomic E-state index is 5.04. The van der Waals surface area contributed by atoms with Gasteiger partial charge in [-0.3, -0.25) is 0 Å². The third-order valence-electron chi connectivity index (χ3n) is 2.52. The molecule has 0 fully saturated rings. The Morgan fingerprint density at radius 1 is 1.35 bits per heavy atom. The highest BCUT2D eigenvalue weighted by Crippen LogP contribution is 2.34. The summed E-state index contributed by atoms with van der Waals surface area (Å²) in [5.41, 5.74) is 2.49. The summed E-state index contributed by atoms with van der Waals surface area (Å²) in [4.78, 5) is 4.67. The Labute approximate surface area is 111 Å². The third-order valence-corrected chi connectivity index (χ3v) is 4.85. The Balaban J connectivity index is 1.81. The molecule has 1 aliphatic rings. The fraction of sp³-hybridized carbons (Fsp3) is 0.462. The number of hydrogen-bond donors (Lipinski definition) is 0. The second-order valence-corrected chi connectivity index (χ2v) is 6.15. The van der Waals surface area contributed by atoms with Gasteiger partial charge in [-0.1, -0.05) is 41.7 Å². The van der Waals surface area contributed by atoms with Gasteiger partial charge in [-0.25, -0.2) is 4.99 Å². The number of thioether (sulfide) groups is 2. The van der Waals surface area contributed by atoms with Crippen molar-refractivity contribution in [1.29, 1.82) is 0 Å². The molecule has 0 saturated heterocycles. The molecule has 0 unspecified atom stereocenters. The molecule has 1 aromatic carbocycles. The average molecular weight is 267 g/mol. The van der Waals surface area contributed by atoms with Gasteiger partial charge < -0.3 is 4.74 Å². The normalized spacial score (nSPS) is 14.3. The molecule has 0 N–H and O–H groups in total. The van der Waals surface area contributed by atoms with E-state index >= 15 is 0 Å². The molecule has 0 bridgehead atoms. The van der Waals surface area contributed by atoms with E-state index in [1.807, 2.05) is 23.5 Å². The van der Waals surface area contributed by atoms with E-state index in [4.69, 9.17) is 4.74 Å². The quantitative estimate of drug-likeness (QED) is 0.750. The molecular weight excluding hydrogens is 250 g/mol. The van der Waals surface area contributed by atoms with Gasteiger partial charge in [-0.15, -0.1) is 0 Å². The molecule has 0 saturated carbocycles. The number of unbranched alkanes of at least 4 members (excludes halogenated alkanes) is 1. The Morgan fingerprint density at radius 2 is 2.24 bits per heavy atom. The van der Waals surface area contributed by atoms with Crippen molar-refractivity contribution in [3.8, 4) is 0 Å². The summed E-state index contributed by atoms with van der Waals surface area (Å²) in [6, 6.07) is 8.39. The second kappa shape index (κ2) is 7.09. The predicted octanol–water partition coefficient (Wildman–Crippen LogP) is 4.08. The van der Waals surface area contributed by atoms with Crippen molar-refractivity contribution in [2.75, 3.05) is 19.5 Å². The van der Waals surface area contributed by atoms with E-state index in [0.29, 0.717) is 0 Å². The van der Waals surface area contributed by atoms with Gasteiger partial charge in [0.2, 0.25) is 0 Å². The Bertz CT molecular complexity index is 393. The number of nitrogens with zero attached hydrogens (tertiary/aromatic N) is 1. The lowest BCUT2D eigenvalue weighted by molar-refractivity contribution is 0.194. The molecule has 4 heteroatoms. The predicted molar refractivity (Wildman–Crippen MR) is 78.4 cm³/mol. The van der Waals surface area contributed by atoms with Crippen LogP contribution in [0.1, 0.15) is 18.4 Å². The summed E-state index contributed by atoms with van der Waals surface area (Å²) < 4.78 is 6.25. The van der Waals surface area contributed by atoms with Gasteiger partial charge >= 0.3 is 0 Å². The molecule has 92 valence electrons. The molecule has 0 aliphatic carbocycles. The lowest BCUT2D eigenvalue weighted by Gasteiger charge is -2.13. The molecule has 1 heterocycles. The molecule has 0 spiro atoms. The Kier molecular flexibility index (Phi) is 5.42. The molecule has 0 aromatic heterocycles. The van der Waals surface area contributed by atoms with Gasteiger partial charge in [0.1, 0.15) is 4.38 Å². The first-order valence-electron chi connectivity index (χ1n) is 5.81. The minimum absolute atomic E-state index is 0.864. The van der Waals surface area contributed by atoms with Gasteiger partial charge in [0.25, 0.3) is 0 Å². The van der Waals surface area contributed by atoms with E-state index < -0.39 is 0 Å². The van der Waals surface area contributed by atoms with Crippen molar-refractivity contribution in [3.63, 3.8) is 0 Å². The summed E-state index contributed by atoms with van der Waals surface area (Å²) in [5.74, 6) is 2.19. The number of rotatable bonds is 5. The largest absolute Gasteiger partial charge is 0.385 e. The number of methoxy groups -OCH3 is 1. The highest BCUT2D eigenvalue weighted by atomic mass is 32.2. The zero-order valence-corrected chi connectivity index (χ0v) is 11.6. The zero-order chi connectivity index (χ0) is 11.9. The third kappa shape index (κ3) is 4.05. The first-order chi connectivity index (χ1) is 8.40. The van der Waals surface area contributed by atoms with E-state index in [2.05, 4.69) is 29.3 Å². The van der Waals surface area contributed by atoms with Crippen LogP contribution in [0, 0.1) is 0 Å². The molecular formula is C13H17NOS2. The fourth-order valence-electron chi connectivity index (χ4n) is 1.59. The minimum Gasteiger partial charge on any atom is -0.385 e. The van der Waals surface area contributed by atoms with Crippen molar-refractivity contribution in [3.05, 3.63) is 29.8 Å². The van der Waals surface area contributed by atoms with E-state index in [0.717, 1.165) is 30.2 Å². The SMILES string of the molecule is COCCCCSC1=Nc2ccccc2CS1. The number of aliphatic imine (C=N–C) groups is 1. The number of ether oxygens (including phenoxy) is 1. The van der Waals surface area contributed by atoms with Crippen LogP contribution in [-0.4, -0.2) is 23.8 Å². The van der Waals surface area contributed by atoms with E-state index in [9.17, 15) is 0 Å². The van der Waals surface area contributed by atoms with Crippen LogP contribution in [0.2, 0.25) is 0 Å². The number of hydrogen-bond acceptors (Lipinski definition) is 4. The lowest BCUT2D eigenvalue weighted by atomic mass is 10.2. The van der Waals surface area contributed by atoms with Crippen LogP contribution >= 0.6 is 23.5 Å². The van der Waals surface area contributed by atoms with Gasteiger partial charge in [-0.2, -0.15) is 0 Å². The van der Waals surface area contributed by atoms with Crippen LogP contribution < -0.4 is 0 Å². The number of fused-ring (bicyclic) bond motifs is 1. The van der Waals surface area contributed by atoms with Crippen molar-refractivity contribution in [2.24, 2.45) is 4.99 Å². The molecule has 1 aliphatic heterocycles. The van der Waals surface area contributed by atoms with Gasteiger partial charge in [0.15, 0.2) is 0 Å². The van der Waals surface area contributed by atoms with Crippen LogP contribution in [0.4, 0.5) is 5.69 Å². The summed E-state index contributed by atoms with van der Waals surface area (Å²) >= 11 is 3.72. The summed E-state index contributed by atoms with van der Waals surface area (Å²) in [6.45, 7) is 0.864. The minimum atomic E-state index is 0.864. The van der Waals surface area contributed by atoms with Crippen LogP contribution in [0.5, 0.6) is 0 Å². The van der Waals surface area contributed by atoms with Crippen LogP contribution in [0.25, 0.3) is 0 Å². The van der Waals surface area contributed by atoms with Crippen molar-refractivity contribution in [2.45, 2.75) is 18.6 Å². The van der Waals surface area contributed by atoms with Crippen LogP contribution in [0.15, 0.2) is 29.3 Å². The van der Waals surface area contributed by atoms with E-state index in [1.54, 1.807) is 7.11 Å². The molecule has 1 aromatic rings. The highest BCUT2D eigenvalue weighted by molar-refractivity contribution is 8.38. The van der Waals surface area contributed by atoms with Crippen LogP contribution in [0.3, 0.4) is 0 Å². The average Bonchev–Trinajstić information content (AvgIpc) is 2.38. The van der Waals surface area contributed by atoms with Gasteiger partial charge in [0.05, 0.1) is 5.69 Å². The number of para-hydroxylation sites is 1. The molecule has 0 radical (unpaired) electrons. The smallest absolute Gasteiger partial charge is 0.130 e. The summed E-state index contributed by atoms with van der Waals surface area (Å²) in [6.07, 6.45) is 2.33. The Hall–Kier alpha value is -0.450. The van der Waals surface area contributed by atoms with Crippen molar-refractivity contribution in [1.82, 2.24) is 0 Å². The van der Waals surface area contributed by atoms with Crippen molar-refractivity contribution >= 4 is 33.6 Å². The van der Waals surface area contributed by atoms with Gasteiger partial charge in [0, 0.05) is 25.2 Å². The maximum Gasteiger partial charge on any atom is 0.130 e. The number of benzene rings is 1. The maximum absolute atomic E-state index is 5.04.